The van der Waals surface area contributed by atoms with Gasteiger partial charge in [0.05, 0.1) is 25.4 Å². The lowest BCUT2D eigenvalue weighted by Crippen LogP contribution is -2.59. The van der Waals surface area contributed by atoms with Crippen LogP contribution in [-0.4, -0.2) is 51.2 Å². The number of rotatable bonds is 3. The van der Waals surface area contributed by atoms with Crippen LogP contribution in [0.15, 0.2) is 16.3 Å². The van der Waals surface area contributed by atoms with Crippen LogP contribution < -0.4 is 0 Å². The van der Waals surface area contributed by atoms with Crippen molar-refractivity contribution in [1.29, 1.82) is 0 Å². The number of ether oxygens (including phenoxy) is 2. The van der Waals surface area contributed by atoms with E-state index in [9.17, 15) is 8.42 Å². The van der Waals surface area contributed by atoms with E-state index in [1.54, 1.807) is 10.4 Å². The quantitative estimate of drug-likeness (QED) is 0.847. The zero-order chi connectivity index (χ0) is 14.2. The summed E-state index contributed by atoms with van der Waals surface area (Å²) in [5.74, 6) is 0. The lowest BCUT2D eigenvalue weighted by molar-refractivity contribution is -0.0292. The van der Waals surface area contributed by atoms with Gasteiger partial charge in [-0.25, -0.2) is 8.42 Å². The topological polar surface area (TPSA) is 55.8 Å². The molecule has 1 aromatic heterocycles. The summed E-state index contributed by atoms with van der Waals surface area (Å²) in [6.07, 6.45) is 1.57. The average molecular weight is 317 g/mol. The molecule has 7 heteroatoms. The zero-order valence-corrected chi connectivity index (χ0v) is 13.1. The second-order valence-corrected chi connectivity index (χ2v) is 8.49. The highest BCUT2D eigenvalue weighted by atomic mass is 32.2. The number of morpholine rings is 1. The average Bonchev–Trinajstić information content (AvgIpc) is 3.09. The first-order valence-electron chi connectivity index (χ1n) is 6.85. The largest absolute Gasteiger partial charge is 0.379 e. The van der Waals surface area contributed by atoms with Crippen LogP contribution in [0.5, 0.6) is 0 Å². The molecular weight excluding hydrogens is 298 g/mol. The van der Waals surface area contributed by atoms with Crippen LogP contribution in [0.1, 0.15) is 18.2 Å². The summed E-state index contributed by atoms with van der Waals surface area (Å²) in [6, 6.07) is 3.62. The van der Waals surface area contributed by atoms with E-state index in [4.69, 9.17) is 9.47 Å². The Labute approximate surface area is 123 Å². The van der Waals surface area contributed by atoms with Gasteiger partial charge >= 0.3 is 0 Å². The molecule has 5 nitrogen and oxygen atoms in total. The second kappa shape index (κ2) is 5.38. The van der Waals surface area contributed by atoms with Crippen molar-refractivity contribution in [1.82, 2.24) is 4.31 Å². The molecule has 3 heterocycles. The molecule has 0 aliphatic carbocycles. The van der Waals surface area contributed by atoms with Crippen LogP contribution in [-0.2, 0) is 25.9 Å². The number of thiophene rings is 1. The lowest BCUT2D eigenvalue weighted by atomic mass is 9.99. The molecule has 2 saturated heterocycles. The first-order chi connectivity index (χ1) is 9.58. The van der Waals surface area contributed by atoms with Gasteiger partial charge in [0.15, 0.2) is 0 Å². The highest BCUT2D eigenvalue weighted by Crippen LogP contribution is 2.36. The first-order valence-corrected chi connectivity index (χ1v) is 9.11. The summed E-state index contributed by atoms with van der Waals surface area (Å²) in [4.78, 5) is 1.09. The normalized spacial score (nSPS) is 28.2. The molecule has 1 atom stereocenters. The molecule has 2 aliphatic heterocycles. The maximum absolute atomic E-state index is 12.9. The van der Waals surface area contributed by atoms with E-state index in [1.165, 1.54) is 11.3 Å². The van der Waals surface area contributed by atoms with Crippen LogP contribution in [0.4, 0.5) is 0 Å². The van der Waals surface area contributed by atoms with Crippen molar-refractivity contribution in [2.45, 2.75) is 29.5 Å². The minimum absolute atomic E-state index is 0.408. The Morgan fingerprint density at radius 3 is 2.65 bits per heavy atom. The van der Waals surface area contributed by atoms with Crippen LogP contribution >= 0.6 is 11.3 Å². The number of nitrogens with zero attached hydrogens (tertiary/aromatic N) is 1. The Hall–Kier alpha value is -0.470. The third-order valence-electron chi connectivity index (χ3n) is 3.95. The fourth-order valence-electron chi connectivity index (χ4n) is 2.80. The molecule has 0 aromatic carbocycles. The Bertz CT molecular complexity index is 575. The predicted molar refractivity (Wildman–Crippen MR) is 76.6 cm³/mol. The Balaban J connectivity index is 1.96. The SMILES string of the molecule is CCc1ccc(S(=O)(=O)N2CCOC[C@]23CCOC3)s1. The summed E-state index contributed by atoms with van der Waals surface area (Å²) in [7, 11) is -3.45. The lowest BCUT2D eigenvalue weighted by Gasteiger charge is -2.41. The monoisotopic (exact) mass is 317 g/mol. The number of hydrogen-bond donors (Lipinski definition) is 0. The highest BCUT2D eigenvalue weighted by Gasteiger charge is 2.49. The van der Waals surface area contributed by atoms with Crippen LogP contribution in [0.2, 0.25) is 0 Å². The maximum atomic E-state index is 12.9. The summed E-state index contributed by atoms with van der Waals surface area (Å²) in [6.45, 7) is 4.35. The molecule has 0 amide bonds. The van der Waals surface area contributed by atoms with Gasteiger partial charge in [-0.1, -0.05) is 6.92 Å². The predicted octanol–water partition coefficient (Wildman–Crippen LogP) is 1.49. The fourth-order valence-corrected chi connectivity index (χ4v) is 5.96. The molecule has 20 heavy (non-hydrogen) atoms. The summed E-state index contributed by atoms with van der Waals surface area (Å²) >= 11 is 1.36. The van der Waals surface area contributed by atoms with Gasteiger partial charge in [-0.2, -0.15) is 4.31 Å². The van der Waals surface area contributed by atoms with Crippen molar-refractivity contribution < 1.29 is 17.9 Å². The van der Waals surface area contributed by atoms with Crippen molar-refractivity contribution in [3.63, 3.8) is 0 Å². The molecule has 0 bridgehead atoms. The van der Waals surface area contributed by atoms with Crippen molar-refractivity contribution in [3.8, 4) is 0 Å². The second-order valence-electron chi connectivity index (χ2n) is 5.23. The van der Waals surface area contributed by atoms with E-state index in [-0.39, 0.29) is 0 Å². The van der Waals surface area contributed by atoms with E-state index in [1.807, 2.05) is 13.0 Å². The van der Waals surface area contributed by atoms with Crippen molar-refractivity contribution in [2.75, 3.05) is 33.0 Å². The van der Waals surface area contributed by atoms with E-state index in [0.29, 0.717) is 43.6 Å². The van der Waals surface area contributed by atoms with Gasteiger partial charge in [-0.15, -0.1) is 11.3 Å². The third-order valence-corrected chi connectivity index (χ3v) is 7.65. The van der Waals surface area contributed by atoms with Crippen molar-refractivity contribution in [2.24, 2.45) is 0 Å². The molecule has 0 radical (unpaired) electrons. The molecule has 0 saturated carbocycles. The van der Waals surface area contributed by atoms with Gasteiger partial charge in [0.2, 0.25) is 0 Å². The maximum Gasteiger partial charge on any atom is 0.253 e. The molecule has 1 aromatic rings. The van der Waals surface area contributed by atoms with Crippen molar-refractivity contribution >= 4 is 21.4 Å². The molecule has 0 N–H and O–H groups in total. The smallest absolute Gasteiger partial charge is 0.253 e. The molecule has 2 fully saturated rings. The van der Waals surface area contributed by atoms with Gasteiger partial charge in [-0.3, -0.25) is 0 Å². The van der Waals surface area contributed by atoms with Gasteiger partial charge in [0.1, 0.15) is 4.21 Å². The fraction of sp³-hybridized carbons (Fsp3) is 0.692. The Morgan fingerprint density at radius 2 is 2.05 bits per heavy atom. The Kier molecular flexibility index (Phi) is 3.89. The molecule has 1 spiro atoms. The van der Waals surface area contributed by atoms with Crippen molar-refractivity contribution in [3.05, 3.63) is 17.0 Å². The van der Waals surface area contributed by atoms with E-state index < -0.39 is 15.6 Å². The molecule has 3 rings (SSSR count). The zero-order valence-electron chi connectivity index (χ0n) is 11.5. The standard InChI is InChI=1S/C13H19NO4S2/c1-2-11-3-4-12(19-11)20(15,16)14-6-8-18-10-13(14)5-7-17-9-13/h3-4H,2,5-10H2,1H3/t13-/m1/s1. The molecule has 2 aliphatic rings. The first kappa shape index (κ1) is 14.5. The third kappa shape index (κ3) is 2.31. The van der Waals surface area contributed by atoms with Crippen LogP contribution in [0.3, 0.4) is 0 Å². The number of hydrogen-bond acceptors (Lipinski definition) is 5. The molecular formula is C13H19NO4S2. The Morgan fingerprint density at radius 1 is 1.30 bits per heavy atom. The molecule has 112 valence electrons. The van der Waals surface area contributed by atoms with E-state index in [0.717, 1.165) is 11.3 Å². The van der Waals surface area contributed by atoms with Crippen LogP contribution in [0.25, 0.3) is 0 Å². The minimum Gasteiger partial charge on any atom is -0.379 e. The van der Waals surface area contributed by atoms with Crippen LogP contribution in [0, 0.1) is 0 Å². The van der Waals surface area contributed by atoms with E-state index >= 15 is 0 Å². The van der Waals surface area contributed by atoms with Gasteiger partial charge < -0.3 is 9.47 Å². The summed E-state index contributed by atoms with van der Waals surface area (Å²) in [5, 5.41) is 0. The molecule has 0 unspecified atom stereocenters. The minimum atomic E-state index is -3.45. The van der Waals surface area contributed by atoms with E-state index in [2.05, 4.69) is 0 Å². The highest BCUT2D eigenvalue weighted by molar-refractivity contribution is 7.91. The van der Waals surface area contributed by atoms with Gasteiger partial charge in [-0.05, 0) is 25.0 Å². The number of sulfonamides is 1. The number of aryl methyl sites for hydroxylation is 1. The van der Waals surface area contributed by atoms with Gasteiger partial charge in [0, 0.05) is 18.0 Å². The summed E-state index contributed by atoms with van der Waals surface area (Å²) in [5.41, 5.74) is -0.506. The summed E-state index contributed by atoms with van der Waals surface area (Å²) < 4.78 is 38.8. The van der Waals surface area contributed by atoms with Gasteiger partial charge in [0.25, 0.3) is 10.0 Å².